The number of nitrogens with two attached hydrogens (primary N) is 1. The molecule has 0 aromatic heterocycles. The number of benzene rings is 1. The molecule has 1 aliphatic rings. The number of hydrogen-bond acceptors (Lipinski definition) is 2. The highest BCUT2D eigenvalue weighted by Crippen LogP contribution is 2.43. The van der Waals surface area contributed by atoms with Crippen molar-refractivity contribution in [2.24, 2.45) is 5.73 Å². The van der Waals surface area contributed by atoms with Crippen LogP contribution in [-0.2, 0) is 4.74 Å². The van der Waals surface area contributed by atoms with E-state index in [0.717, 1.165) is 0 Å². The first-order chi connectivity index (χ1) is 9.21. The molecule has 0 amide bonds. The third-order valence-corrected chi connectivity index (χ3v) is 3.27. The van der Waals surface area contributed by atoms with E-state index in [4.69, 9.17) is 5.73 Å². The normalized spacial score (nSPS) is 23.8. The van der Waals surface area contributed by atoms with E-state index in [1.807, 2.05) is 6.07 Å². The third kappa shape index (κ3) is 3.04. The zero-order valence-corrected chi connectivity index (χ0v) is 11.3. The predicted octanol–water partition coefficient (Wildman–Crippen LogP) is 4.00. The van der Waals surface area contributed by atoms with Crippen molar-refractivity contribution in [2.75, 3.05) is 0 Å². The van der Waals surface area contributed by atoms with Crippen LogP contribution in [0.5, 0.6) is 0 Å². The summed E-state index contributed by atoms with van der Waals surface area (Å²) >= 11 is 0. The summed E-state index contributed by atoms with van der Waals surface area (Å²) in [7, 11) is 0. The van der Waals surface area contributed by atoms with E-state index in [2.05, 4.69) is 4.74 Å². The summed E-state index contributed by atoms with van der Waals surface area (Å²) in [5, 5.41) is 0. The lowest BCUT2D eigenvalue weighted by Gasteiger charge is -2.37. The molecular weight excluding hydrogens is 267 g/mol. The van der Waals surface area contributed by atoms with E-state index in [1.165, 1.54) is 6.92 Å². The second-order valence-corrected chi connectivity index (χ2v) is 5.10. The first kappa shape index (κ1) is 14.7. The summed E-state index contributed by atoms with van der Waals surface area (Å²) in [5.74, 6) is 0. The molecule has 2 N–H and O–H groups in total. The molecule has 20 heavy (non-hydrogen) atoms. The van der Waals surface area contributed by atoms with Gasteiger partial charge in [0, 0.05) is 12.1 Å². The molecule has 0 saturated carbocycles. The van der Waals surface area contributed by atoms with Crippen molar-refractivity contribution in [3.8, 4) is 0 Å². The van der Waals surface area contributed by atoms with Gasteiger partial charge in [-0.2, -0.15) is 0 Å². The van der Waals surface area contributed by atoms with Crippen molar-refractivity contribution >= 4 is 5.57 Å². The largest absolute Gasteiger partial charge is 0.523 e. The SMILES string of the molecule is CC1=C(c2ccccc2)C(C)(OC(F)(F)F)CC(N)=C1. The van der Waals surface area contributed by atoms with Crippen LogP contribution in [0.3, 0.4) is 0 Å². The summed E-state index contributed by atoms with van der Waals surface area (Å²) in [5.41, 5.74) is 6.53. The maximum Gasteiger partial charge on any atom is 0.523 e. The molecule has 0 aliphatic heterocycles. The van der Waals surface area contributed by atoms with Gasteiger partial charge >= 0.3 is 6.36 Å². The Labute approximate surface area is 115 Å². The fourth-order valence-electron chi connectivity index (χ4n) is 2.78. The van der Waals surface area contributed by atoms with Gasteiger partial charge in [-0.3, -0.25) is 4.74 Å². The molecule has 1 aromatic rings. The van der Waals surface area contributed by atoms with E-state index >= 15 is 0 Å². The molecular formula is C15H16F3NO. The Morgan fingerprint density at radius 2 is 1.80 bits per heavy atom. The highest BCUT2D eigenvalue weighted by Gasteiger charge is 2.45. The van der Waals surface area contributed by atoms with Gasteiger partial charge in [0.05, 0.1) is 0 Å². The van der Waals surface area contributed by atoms with E-state index in [1.54, 1.807) is 37.3 Å². The van der Waals surface area contributed by atoms with Gasteiger partial charge in [-0.05, 0) is 36.6 Å². The van der Waals surface area contributed by atoms with Crippen LogP contribution in [0.15, 0.2) is 47.7 Å². The number of alkyl halides is 3. The molecule has 1 unspecified atom stereocenters. The fraction of sp³-hybridized carbons (Fsp3) is 0.333. The number of hydrogen-bond donors (Lipinski definition) is 1. The molecule has 0 bridgehead atoms. The van der Waals surface area contributed by atoms with Gasteiger partial charge < -0.3 is 5.73 Å². The number of halogens is 3. The lowest BCUT2D eigenvalue weighted by Crippen LogP contribution is -2.40. The van der Waals surface area contributed by atoms with Crippen molar-refractivity contribution in [2.45, 2.75) is 32.2 Å². The average Bonchev–Trinajstić information content (AvgIpc) is 2.25. The smallest absolute Gasteiger partial charge is 0.402 e. The lowest BCUT2D eigenvalue weighted by atomic mass is 9.79. The second kappa shape index (κ2) is 4.98. The van der Waals surface area contributed by atoms with Crippen LogP contribution in [-0.4, -0.2) is 12.0 Å². The molecule has 0 saturated heterocycles. The Morgan fingerprint density at radius 1 is 1.20 bits per heavy atom. The Bertz CT molecular complexity index is 560. The van der Waals surface area contributed by atoms with Crippen molar-refractivity contribution in [1.82, 2.24) is 0 Å². The Kier molecular flexibility index (Phi) is 3.65. The van der Waals surface area contributed by atoms with Gasteiger partial charge in [0.15, 0.2) is 0 Å². The molecule has 1 atom stereocenters. The Morgan fingerprint density at radius 3 is 2.35 bits per heavy atom. The molecule has 1 aliphatic carbocycles. The van der Waals surface area contributed by atoms with Gasteiger partial charge in [0.1, 0.15) is 5.60 Å². The highest BCUT2D eigenvalue weighted by atomic mass is 19.4. The van der Waals surface area contributed by atoms with Crippen LogP contribution in [0, 0.1) is 0 Å². The molecule has 0 radical (unpaired) electrons. The van der Waals surface area contributed by atoms with Crippen LogP contribution in [0.2, 0.25) is 0 Å². The van der Waals surface area contributed by atoms with Crippen LogP contribution in [0.4, 0.5) is 13.2 Å². The van der Waals surface area contributed by atoms with Gasteiger partial charge in [-0.25, -0.2) is 0 Å². The summed E-state index contributed by atoms with van der Waals surface area (Å²) < 4.78 is 42.6. The van der Waals surface area contributed by atoms with E-state index in [-0.39, 0.29) is 6.42 Å². The average molecular weight is 283 g/mol. The molecule has 0 spiro atoms. The standard InChI is InChI=1S/C15H16F3NO/c1-10-8-12(19)9-14(2,20-15(16,17)18)13(10)11-6-4-3-5-7-11/h3-8H,9,19H2,1-2H3. The lowest BCUT2D eigenvalue weighted by molar-refractivity contribution is -0.353. The van der Waals surface area contributed by atoms with Crippen LogP contribution >= 0.6 is 0 Å². The molecule has 2 rings (SSSR count). The topological polar surface area (TPSA) is 35.2 Å². The van der Waals surface area contributed by atoms with E-state index < -0.39 is 12.0 Å². The maximum absolute atomic E-state index is 12.7. The third-order valence-electron chi connectivity index (χ3n) is 3.27. The van der Waals surface area contributed by atoms with Gasteiger partial charge in [-0.15, -0.1) is 13.2 Å². The monoisotopic (exact) mass is 283 g/mol. The van der Waals surface area contributed by atoms with Crippen molar-refractivity contribution in [1.29, 1.82) is 0 Å². The quantitative estimate of drug-likeness (QED) is 0.890. The maximum atomic E-state index is 12.7. The Hall–Kier alpha value is -1.75. The Balaban J connectivity index is 2.54. The van der Waals surface area contributed by atoms with Crippen molar-refractivity contribution < 1.29 is 17.9 Å². The van der Waals surface area contributed by atoms with Gasteiger partial charge in [-0.1, -0.05) is 30.3 Å². The van der Waals surface area contributed by atoms with Crippen molar-refractivity contribution in [3.05, 3.63) is 53.2 Å². The zero-order chi connectivity index (χ0) is 15.0. The van der Waals surface area contributed by atoms with Crippen LogP contribution in [0.1, 0.15) is 25.8 Å². The zero-order valence-electron chi connectivity index (χ0n) is 11.3. The molecule has 108 valence electrons. The van der Waals surface area contributed by atoms with Gasteiger partial charge in [0.2, 0.25) is 0 Å². The molecule has 1 aromatic carbocycles. The minimum absolute atomic E-state index is 0.00801. The van der Waals surface area contributed by atoms with E-state index in [0.29, 0.717) is 22.4 Å². The number of rotatable bonds is 2. The first-order valence-corrected chi connectivity index (χ1v) is 6.21. The number of ether oxygens (including phenoxy) is 1. The molecule has 2 nitrogen and oxygen atoms in total. The first-order valence-electron chi connectivity index (χ1n) is 6.21. The predicted molar refractivity (Wildman–Crippen MR) is 71.5 cm³/mol. The van der Waals surface area contributed by atoms with Crippen LogP contribution in [0.25, 0.3) is 5.57 Å². The highest BCUT2D eigenvalue weighted by molar-refractivity contribution is 5.78. The van der Waals surface area contributed by atoms with Crippen LogP contribution < -0.4 is 5.73 Å². The fourth-order valence-corrected chi connectivity index (χ4v) is 2.78. The molecule has 0 fully saturated rings. The molecule has 5 heteroatoms. The number of allylic oxidation sites excluding steroid dienone is 2. The molecule has 0 heterocycles. The minimum Gasteiger partial charge on any atom is -0.402 e. The van der Waals surface area contributed by atoms with Crippen molar-refractivity contribution in [3.63, 3.8) is 0 Å². The summed E-state index contributed by atoms with van der Waals surface area (Å²) in [4.78, 5) is 0. The van der Waals surface area contributed by atoms with Gasteiger partial charge in [0.25, 0.3) is 0 Å². The summed E-state index contributed by atoms with van der Waals surface area (Å²) in [6, 6.07) is 8.92. The second-order valence-electron chi connectivity index (χ2n) is 5.10. The van der Waals surface area contributed by atoms with E-state index in [9.17, 15) is 13.2 Å². The minimum atomic E-state index is -4.72. The summed E-state index contributed by atoms with van der Waals surface area (Å²) in [6.07, 6.45) is -3.01. The summed E-state index contributed by atoms with van der Waals surface area (Å²) in [6.45, 7) is 3.17.